The first-order chi connectivity index (χ1) is 5.73. The van der Waals surface area contributed by atoms with Crippen LogP contribution < -0.4 is 5.73 Å². The van der Waals surface area contributed by atoms with Crippen molar-refractivity contribution in [3.63, 3.8) is 0 Å². The molecule has 0 bridgehead atoms. The molecule has 2 nitrogen and oxygen atoms in total. The maximum atomic E-state index is 5.54. The smallest absolute Gasteiger partial charge is 0.0860 e. The lowest BCUT2D eigenvalue weighted by molar-refractivity contribution is 0.0227. The molecular weight excluding hydrogens is 150 g/mol. The third-order valence-electron chi connectivity index (χ3n) is 2.79. The van der Waals surface area contributed by atoms with E-state index in [-0.39, 0.29) is 5.60 Å². The summed E-state index contributed by atoms with van der Waals surface area (Å²) in [6.07, 6.45) is 6.83. The zero-order chi connectivity index (χ0) is 9.03. The van der Waals surface area contributed by atoms with E-state index in [0.717, 1.165) is 19.4 Å². The van der Waals surface area contributed by atoms with Crippen LogP contribution in [0.2, 0.25) is 0 Å². The van der Waals surface area contributed by atoms with Gasteiger partial charge in [-0.15, -0.1) is 0 Å². The molecule has 0 aromatic heterocycles. The quantitative estimate of drug-likeness (QED) is 0.654. The number of rotatable bonds is 3. The molecule has 0 amide bonds. The summed E-state index contributed by atoms with van der Waals surface area (Å²) in [5.41, 5.74) is 6.90. The lowest BCUT2D eigenvalue weighted by atomic mass is 9.83. The summed E-state index contributed by atoms with van der Waals surface area (Å²) in [5.74, 6) is 0. The van der Waals surface area contributed by atoms with Crippen molar-refractivity contribution in [3.8, 4) is 0 Å². The molecule has 0 radical (unpaired) electrons. The van der Waals surface area contributed by atoms with E-state index in [1.54, 1.807) is 7.11 Å². The Kier molecular flexibility index (Phi) is 3.29. The number of hydrogen-bond acceptors (Lipinski definition) is 2. The van der Waals surface area contributed by atoms with Gasteiger partial charge in [0.1, 0.15) is 0 Å². The van der Waals surface area contributed by atoms with Crippen molar-refractivity contribution < 1.29 is 4.74 Å². The molecule has 1 aliphatic rings. The van der Waals surface area contributed by atoms with Crippen LogP contribution in [-0.4, -0.2) is 19.3 Å². The topological polar surface area (TPSA) is 35.2 Å². The first kappa shape index (κ1) is 9.75. The van der Waals surface area contributed by atoms with Crippen LogP contribution in [0.1, 0.15) is 32.6 Å². The van der Waals surface area contributed by atoms with Crippen molar-refractivity contribution in [2.75, 3.05) is 13.7 Å². The fraction of sp³-hybridized carbons (Fsp3) is 0.800. The molecule has 0 saturated carbocycles. The Bertz CT molecular complexity index is 177. The lowest BCUT2D eigenvalue weighted by Gasteiger charge is -2.34. The van der Waals surface area contributed by atoms with Crippen LogP contribution in [0.15, 0.2) is 11.6 Å². The second kappa shape index (κ2) is 4.06. The summed E-state index contributed by atoms with van der Waals surface area (Å²) in [6, 6.07) is 0. The highest BCUT2D eigenvalue weighted by atomic mass is 16.5. The summed E-state index contributed by atoms with van der Waals surface area (Å²) in [6.45, 7) is 2.89. The van der Waals surface area contributed by atoms with Gasteiger partial charge in [0.15, 0.2) is 0 Å². The molecule has 0 aliphatic heterocycles. The maximum Gasteiger partial charge on any atom is 0.0860 e. The zero-order valence-electron chi connectivity index (χ0n) is 8.10. The zero-order valence-corrected chi connectivity index (χ0v) is 8.10. The van der Waals surface area contributed by atoms with Gasteiger partial charge >= 0.3 is 0 Å². The van der Waals surface area contributed by atoms with Gasteiger partial charge in [-0.25, -0.2) is 0 Å². The normalized spacial score (nSPS) is 30.1. The molecule has 1 rings (SSSR count). The van der Waals surface area contributed by atoms with Crippen LogP contribution in [0.4, 0.5) is 0 Å². The molecule has 0 aromatic rings. The standard InChI is InChI=1S/C10H19NO/c1-10(12-2)7-4-3-5-9(10)6-8-11/h5H,3-4,6-8,11H2,1-2H3. The first-order valence-electron chi connectivity index (χ1n) is 4.67. The van der Waals surface area contributed by atoms with Gasteiger partial charge in [-0.3, -0.25) is 0 Å². The Balaban J connectivity index is 2.70. The molecular formula is C10H19NO. The predicted molar refractivity (Wildman–Crippen MR) is 51.0 cm³/mol. The fourth-order valence-electron chi connectivity index (χ4n) is 1.85. The van der Waals surface area contributed by atoms with Crippen molar-refractivity contribution in [2.45, 2.75) is 38.2 Å². The van der Waals surface area contributed by atoms with Gasteiger partial charge in [-0.05, 0) is 44.7 Å². The Labute approximate surface area is 74.8 Å². The molecule has 2 heteroatoms. The largest absolute Gasteiger partial charge is 0.374 e. The SMILES string of the molecule is COC1(C)CCCC=C1CCN. The average Bonchev–Trinajstić information content (AvgIpc) is 2.10. The first-order valence-corrected chi connectivity index (χ1v) is 4.67. The van der Waals surface area contributed by atoms with E-state index in [9.17, 15) is 0 Å². The van der Waals surface area contributed by atoms with Crippen molar-refractivity contribution in [1.82, 2.24) is 0 Å². The molecule has 2 N–H and O–H groups in total. The van der Waals surface area contributed by atoms with Crippen molar-refractivity contribution in [1.29, 1.82) is 0 Å². The Morgan fingerprint density at radius 3 is 3.00 bits per heavy atom. The van der Waals surface area contributed by atoms with E-state index in [0.29, 0.717) is 0 Å². The summed E-state index contributed by atoms with van der Waals surface area (Å²) in [4.78, 5) is 0. The molecule has 12 heavy (non-hydrogen) atoms. The van der Waals surface area contributed by atoms with Crippen molar-refractivity contribution in [2.24, 2.45) is 5.73 Å². The van der Waals surface area contributed by atoms with Gasteiger partial charge in [0.2, 0.25) is 0 Å². The Hall–Kier alpha value is -0.340. The van der Waals surface area contributed by atoms with Gasteiger partial charge in [-0.1, -0.05) is 6.08 Å². The summed E-state index contributed by atoms with van der Waals surface area (Å²) >= 11 is 0. The maximum absolute atomic E-state index is 5.54. The predicted octanol–water partition coefficient (Wildman–Crippen LogP) is 1.85. The molecule has 1 atom stereocenters. The molecule has 0 fully saturated rings. The van der Waals surface area contributed by atoms with E-state index in [4.69, 9.17) is 10.5 Å². The number of allylic oxidation sites excluding steroid dienone is 1. The minimum absolute atomic E-state index is 0.0301. The monoisotopic (exact) mass is 169 g/mol. The second-order valence-corrected chi connectivity index (χ2v) is 3.60. The minimum atomic E-state index is -0.0301. The third-order valence-corrected chi connectivity index (χ3v) is 2.79. The van der Waals surface area contributed by atoms with Gasteiger partial charge in [0.25, 0.3) is 0 Å². The van der Waals surface area contributed by atoms with E-state index in [1.165, 1.54) is 18.4 Å². The summed E-state index contributed by atoms with van der Waals surface area (Å²) in [5, 5.41) is 0. The van der Waals surface area contributed by atoms with Gasteiger partial charge in [0.05, 0.1) is 5.60 Å². The highest BCUT2D eigenvalue weighted by Crippen LogP contribution is 2.33. The van der Waals surface area contributed by atoms with Crippen LogP contribution in [-0.2, 0) is 4.74 Å². The molecule has 0 aromatic carbocycles. The highest BCUT2D eigenvalue weighted by Gasteiger charge is 2.29. The van der Waals surface area contributed by atoms with E-state index in [1.807, 2.05) is 0 Å². The van der Waals surface area contributed by atoms with Gasteiger partial charge in [0, 0.05) is 7.11 Å². The molecule has 1 unspecified atom stereocenters. The summed E-state index contributed by atoms with van der Waals surface area (Å²) in [7, 11) is 1.79. The second-order valence-electron chi connectivity index (χ2n) is 3.60. The Morgan fingerprint density at radius 1 is 1.67 bits per heavy atom. The average molecular weight is 169 g/mol. The lowest BCUT2D eigenvalue weighted by Crippen LogP contribution is -2.33. The highest BCUT2D eigenvalue weighted by molar-refractivity contribution is 5.18. The van der Waals surface area contributed by atoms with Crippen molar-refractivity contribution >= 4 is 0 Å². The van der Waals surface area contributed by atoms with Crippen LogP contribution in [0.25, 0.3) is 0 Å². The summed E-state index contributed by atoms with van der Waals surface area (Å²) < 4.78 is 5.52. The van der Waals surface area contributed by atoms with Crippen LogP contribution in [0.5, 0.6) is 0 Å². The van der Waals surface area contributed by atoms with E-state index >= 15 is 0 Å². The van der Waals surface area contributed by atoms with Crippen LogP contribution in [0.3, 0.4) is 0 Å². The number of ether oxygens (including phenoxy) is 1. The minimum Gasteiger partial charge on any atom is -0.374 e. The Morgan fingerprint density at radius 2 is 2.42 bits per heavy atom. The van der Waals surface area contributed by atoms with Gasteiger partial charge in [-0.2, -0.15) is 0 Å². The number of methoxy groups -OCH3 is 1. The fourth-order valence-corrected chi connectivity index (χ4v) is 1.85. The molecule has 0 saturated heterocycles. The van der Waals surface area contributed by atoms with Crippen LogP contribution >= 0.6 is 0 Å². The molecule has 70 valence electrons. The van der Waals surface area contributed by atoms with Crippen LogP contribution in [0, 0.1) is 0 Å². The number of nitrogens with two attached hydrogens (primary N) is 1. The molecule has 0 spiro atoms. The third kappa shape index (κ3) is 1.87. The van der Waals surface area contributed by atoms with E-state index < -0.39 is 0 Å². The van der Waals surface area contributed by atoms with Crippen molar-refractivity contribution in [3.05, 3.63) is 11.6 Å². The van der Waals surface area contributed by atoms with E-state index in [2.05, 4.69) is 13.0 Å². The molecule has 1 aliphatic carbocycles. The number of hydrogen-bond donors (Lipinski definition) is 1. The van der Waals surface area contributed by atoms with Gasteiger partial charge < -0.3 is 10.5 Å². The molecule has 0 heterocycles.